The van der Waals surface area contributed by atoms with Gasteiger partial charge in [-0.15, -0.1) is 0 Å². The predicted molar refractivity (Wildman–Crippen MR) is 87.8 cm³/mol. The van der Waals surface area contributed by atoms with Crippen LogP contribution in [0.1, 0.15) is 44.9 Å². The van der Waals surface area contributed by atoms with Crippen molar-refractivity contribution < 1.29 is 8.42 Å². The minimum absolute atomic E-state index is 0.0355. The molecule has 1 saturated carbocycles. The molecule has 130 valence electrons. The third-order valence-corrected chi connectivity index (χ3v) is 7.03. The second-order valence-corrected chi connectivity index (χ2v) is 8.94. The molecule has 2 aliphatic rings. The Hall–Kier alpha value is -1.15. The van der Waals surface area contributed by atoms with Gasteiger partial charge in [-0.1, -0.05) is 6.92 Å². The van der Waals surface area contributed by atoms with Crippen molar-refractivity contribution in [3.63, 3.8) is 0 Å². The summed E-state index contributed by atoms with van der Waals surface area (Å²) in [7, 11) is -1.54. The van der Waals surface area contributed by atoms with Gasteiger partial charge in [0.15, 0.2) is 0 Å². The van der Waals surface area contributed by atoms with E-state index < -0.39 is 10.0 Å². The zero-order valence-corrected chi connectivity index (χ0v) is 14.8. The molecule has 3 rings (SSSR count). The maximum absolute atomic E-state index is 12.4. The van der Waals surface area contributed by atoms with Crippen molar-refractivity contribution in [2.45, 2.75) is 64.6 Å². The van der Waals surface area contributed by atoms with E-state index in [1.54, 1.807) is 16.3 Å². The highest BCUT2D eigenvalue weighted by Gasteiger charge is 2.30. The van der Waals surface area contributed by atoms with Crippen LogP contribution in [-0.4, -0.2) is 45.9 Å². The molecule has 1 aliphatic carbocycles. The average molecular weight is 342 g/mol. The van der Waals surface area contributed by atoms with Crippen molar-refractivity contribution in [1.29, 1.82) is 0 Å². The largest absolute Gasteiger partial charge is 0.345 e. The summed E-state index contributed by atoms with van der Waals surface area (Å²) in [6, 6.07) is -0.0514. The van der Waals surface area contributed by atoms with E-state index in [4.69, 9.17) is 0 Å². The molecular formula is C15H26N4O3S. The highest BCUT2D eigenvalue weighted by molar-refractivity contribution is 7.89. The van der Waals surface area contributed by atoms with Crippen molar-refractivity contribution in [3.05, 3.63) is 16.3 Å². The lowest BCUT2D eigenvalue weighted by molar-refractivity contribution is 0.328. The van der Waals surface area contributed by atoms with E-state index in [-0.39, 0.29) is 17.5 Å². The van der Waals surface area contributed by atoms with Gasteiger partial charge >= 0.3 is 5.69 Å². The lowest BCUT2D eigenvalue weighted by Gasteiger charge is -2.26. The molecule has 1 unspecified atom stereocenters. The fourth-order valence-corrected chi connectivity index (χ4v) is 4.74. The lowest BCUT2D eigenvalue weighted by Crippen LogP contribution is -2.39. The van der Waals surface area contributed by atoms with Crippen LogP contribution < -0.4 is 5.69 Å². The molecule has 8 heteroatoms. The van der Waals surface area contributed by atoms with Crippen molar-refractivity contribution in [2.75, 3.05) is 12.8 Å². The van der Waals surface area contributed by atoms with Crippen LogP contribution in [-0.2, 0) is 29.5 Å². The summed E-state index contributed by atoms with van der Waals surface area (Å²) in [6.07, 6.45) is 5.05. The van der Waals surface area contributed by atoms with Gasteiger partial charge in [-0.2, -0.15) is 5.10 Å². The lowest BCUT2D eigenvalue weighted by atomic mass is 10.1. The van der Waals surface area contributed by atoms with Gasteiger partial charge in [0, 0.05) is 32.6 Å². The standard InChI is InChI=1S/C15H26N4O3S/c1-3-10-23(21,22)17(2)13-6-7-14-16-19(11-12-4-5-12)15(20)18(14)9-8-13/h12-13H,3-11H2,1-2H3. The topological polar surface area (TPSA) is 77.2 Å². The second-order valence-electron chi connectivity index (χ2n) is 6.79. The fourth-order valence-electron chi connectivity index (χ4n) is 3.27. The normalized spacial score (nSPS) is 22.1. The van der Waals surface area contributed by atoms with E-state index in [9.17, 15) is 13.2 Å². The van der Waals surface area contributed by atoms with Gasteiger partial charge in [-0.05, 0) is 38.0 Å². The number of fused-ring (bicyclic) bond motifs is 1. The maximum Gasteiger partial charge on any atom is 0.345 e. The summed E-state index contributed by atoms with van der Waals surface area (Å²) >= 11 is 0. The summed E-state index contributed by atoms with van der Waals surface area (Å²) in [6.45, 7) is 3.15. The quantitative estimate of drug-likeness (QED) is 0.767. The van der Waals surface area contributed by atoms with Crippen LogP contribution in [0.15, 0.2) is 4.79 Å². The van der Waals surface area contributed by atoms with Crippen LogP contribution in [0.2, 0.25) is 0 Å². The molecule has 0 saturated heterocycles. The minimum Gasteiger partial charge on any atom is -0.279 e. The van der Waals surface area contributed by atoms with Crippen LogP contribution in [0.4, 0.5) is 0 Å². The molecule has 7 nitrogen and oxygen atoms in total. The van der Waals surface area contributed by atoms with E-state index in [0.717, 1.165) is 18.8 Å². The van der Waals surface area contributed by atoms with Crippen molar-refractivity contribution in [3.8, 4) is 0 Å². The second kappa shape index (κ2) is 6.39. The Morgan fingerprint density at radius 3 is 2.65 bits per heavy atom. The molecule has 1 aromatic rings. The van der Waals surface area contributed by atoms with Gasteiger partial charge in [-0.3, -0.25) is 4.57 Å². The first-order chi connectivity index (χ1) is 10.9. The van der Waals surface area contributed by atoms with E-state index in [0.29, 0.717) is 31.7 Å². The molecule has 0 bridgehead atoms. The van der Waals surface area contributed by atoms with Crippen LogP contribution in [0.3, 0.4) is 0 Å². The third-order valence-electron chi connectivity index (χ3n) is 4.93. The number of hydrogen-bond donors (Lipinski definition) is 0. The highest BCUT2D eigenvalue weighted by Crippen LogP contribution is 2.30. The van der Waals surface area contributed by atoms with Gasteiger partial charge in [0.05, 0.1) is 5.75 Å². The summed E-state index contributed by atoms with van der Waals surface area (Å²) in [5.74, 6) is 1.60. The van der Waals surface area contributed by atoms with Crippen molar-refractivity contribution in [1.82, 2.24) is 18.7 Å². The monoisotopic (exact) mass is 342 g/mol. The van der Waals surface area contributed by atoms with Crippen molar-refractivity contribution in [2.24, 2.45) is 5.92 Å². The predicted octanol–water partition coefficient (Wildman–Crippen LogP) is 0.831. The number of aromatic nitrogens is 3. The van der Waals surface area contributed by atoms with Gasteiger partial charge in [0.25, 0.3) is 0 Å². The molecule has 23 heavy (non-hydrogen) atoms. The summed E-state index contributed by atoms with van der Waals surface area (Å²) in [5.41, 5.74) is -0.0355. The van der Waals surface area contributed by atoms with Crippen LogP contribution in [0, 0.1) is 5.92 Å². The van der Waals surface area contributed by atoms with Gasteiger partial charge in [0.1, 0.15) is 5.82 Å². The molecule has 1 aliphatic heterocycles. The van der Waals surface area contributed by atoms with Gasteiger partial charge in [-0.25, -0.2) is 22.2 Å². The van der Waals surface area contributed by atoms with E-state index in [2.05, 4.69) is 5.10 Å². The number of hydrogen-bond acceptors (Lipinski definition) is 4. The Morgan fingerprint density at radius 1 is 1.26 bits per heavy atom. The zero-order chi connectivity index (χ0) is 16.6. The van der Waals surface area contributed by atoms with E-state index in [1.807, 2.05) is 6.92 Å². The Labute approximate surface area is 137 Å². The number of aryl methyl sites for hydroxylation is 1. The Kier molecular flexibility index (Phi) is 4.64. The molecule has 0 radical (unpaired) electrons. The molecule has 0 amide bonds. The van der Waals surface area contributed by atoms with Gasteiger partial charge < -0.3 is 0 Å². The molecule has 0 N–H and O–H groups in total. The number of sulfonamides is 1. The van der Waals surface area contributed by atoms with Gasteiger partial charge in [0.2, 0.25) is 10.0 Å². The summed E-state index contributed by atoms with van der Waals surface area (Å²) in [4.78, 5) is 12.4. The first-order valence-corrected chi connectivity index (χ1v) is 10.2. The Bertz CT molecular complexity index is 718. The SMILES string of the molecule is CCCS(=O)(=O)N(C)C1CCc2nn(CC3CC3)c(=O)n2CC1. The molecule has 2 heterocycles. The zero-order valence-electron chi connectivity index (χ0n) is 13.9. The summed E-state index contributed by atoms with van der Waals surface area (Å²) < 4.78 is 29.3. The first kappa shape index (κ1) is 16.7. The molecule has 1 atom stereocenters. The molecular weight excluding hydrogens is 316 g/mol. The fraction of sp³-hybridized carbons (Fsp3) is 0.867. The average Bonchev–Trinajstić information content (AvgIpc) is 3.28. The Balaban J connectivity index is 1.72. The molecule has 0 aromatic carbocycles. The van der Waals surface area contributed by atoms with Crippen LogP contribution in [0.25, 0.3) is 0 Å². The van der Waals surface area contributed by atoms with E-state index >= 15 is 0 Å². The number of rotatable bonds is 6. The first-order valence-electron chi connectivity index (χ1n) is 8.54. The highest BCUT2D eigenvalue weighted by atomic mass is 32.2. The van der Waals surface area contributed by atoms with Crippen LogP contribution in [0.5, 0.6) is 0 Å². The number of nitrogens with zero attached hydrogens (tertiary/aromatic N) is 4. The third kappa shape index (κ3) is 3.52. The minimum atomic E-state index is -3.20. The molecule has 0 spiro atoms. The van der Waals surface area contributed by atoms with Crippen molar-refractivity contribution >= 4 is 10.0 Å². The maximum atomic E-state index is 12.4. The summed E-state index contributed by atoms with van der Waals surface area (Å²) in [5, 5.41) is 4.48. The van der Waals surface area contributed by atoms with Crippen LogP contribution >= 0.6 is 0 Å². The molecule has 1 fully saturated rings. The smallest absolute Gasteiger partial charge is 0.279 e. The molecule has 1 aromatic heterocycles. The van der Waals surface area contributed by atoms with E-state index in [1.165, 1.54) is 17.1 Å². The Morgan fingerprint density at radius 2 is 2.00 bits per heavy atom.